The minimum absolute atomic E-state index is 0.333. The first-order chi connectivity index (χ1) is 14.7. The molecule has 2 aromatic carbocycles. The van der Waals surface area contributed by atoms with Gasteiger partial charge >= 0.3 is 11.9 Å². The smallest absolute Gasteiger partial charge is 0.339 e. The van der Waals surface area contributed by atoms with Gasteiger partial charge in [0.05, 0.1) is 12.0 Å². The monoisotopic (exact) mass is 426 g/mol. The van der Waals surface area contributed by atoms with E-state index in [0.717, 1.165) is 11.1 Å². The predicted molar refractivity (Wildman–Crippen MR) is 108 cm³/mol. The lowest BCUT2D eigenvalue weighted by molar-refractivity contribution is -0.143. The Morgan fingerprint density at radius 1 is 1.26 bits per heavy atom. The highest BCUT2D eigenvalue weighted by atomic mass is 16.5. The fourth-order valence-electron chi connectivity index (χ4n) is 3.34. The summed E-state index contributed by atoms with van der Waals surface area (Å²) in [6, 6.07) is 11.0. The van der Waals surface area contributed by atoms with Gasteiger partial charge in [0.1, 0.15) is 17.9 Å². The maximum absolute atomic E-state index is 12.4. The van der Waals surface area contributed by atoms with Crippen molar-refractivity contribution in [3.05, 3.63) is 64.7 Å². The van der Waals surface area contributed by atoms with Gasteiger partial charge in [0.2, 0.25) is 5.91 Å². The second-order valence-electron chi connectivity index (χ2n) is 7.21. The number of carboxylic acids is 1. The van der Waals surface area contributed by atoms with Crippen LogP contribution in [0.25, 0.3) is 0 Å². The Morgan fingerprint density at radius 3 is 2.71 bits per heavy atom. The molecule has 31 heavy (non-hydrogen) atoms. The standard InChI is InChI=1S/C22H22N2O7/c1-12-6-7-17(30-11-20(26)24-16(21(27)28)10-19(23)25)15(8-12)18-9-13-4-2-3-5-14(13)22(29)31-18/h2-8,16,18H,9-11H2,1H3,(H2,23,25)(H,24,26)(H,27,28)/t16-,18+/m0/s1. The number of aliphatic carboxylic acids is 1. The molecule has 0 radical (unpaired) electrons. The molecule has 2 amide bonds. The molecule has 0 saturated heterocycles. The van der Waals surface area contributed by atoms with Gasteiger partial charge in [-0.3, -0.25) is 9.59 Å². The number of cyclic esters (lactones) is 1. The number of carbonyl (C=O) groups is 4. The normalized spacial score (nSPS) is 15.9. The van der Waals surface area contributed by atoms with Crippen molar-refractivity contribution >= 4 is 23.8 Å². The summed E-state index contributed by atoms with van der Waals surface area (Å²) in [4.78, 5) is 46.7. The first-order valence-corrected chi connectivity index (χ1v) is 9.57. The minimum atomic E-state index is -1.44. The first-order valence-electron chi connectivity index (χ1n) is 9.57. The van der Waals surface area contributed by atoms with Crippen LogP contribution in [0.4, 0.5) is 0 Å². The molecule has 2 atom stereocenters. The number of carbonyl (C=O) groups excluding carboxylic acids is 3. The fraction of sp³-hybridized carbons (Fsp3) is 0.273. The first kappa shape index (κ1) is 21.8. The van der Waals surface area contributed by atoms with E-state index in [1.165, 1.54) is 0 Å². The Balaban J connectivity index is 1.74. The van der Waals surface area contributed by atoms with Crippen LogP contribution in [-0.2, 0) is 25.5 Å². The van der Waals surface area contributed by atoms with Crippen molar-refractivity contribution in [2.24, 2.45) is 5.73 Å². The zero-order valence-electron chi connectivity index (χ0n) is 16.8. The molecule has 0 aromatic heterocycles. The molecule has 0 spiro atoms. The van der Waals surface area contributed by atoms with E-state index in [4.69, 9.17) is 20.3 Å². The van der Waals surface area contributed by atoms with Gasteiger partial charge in [-0.25, -0.2) is 9.59 Å². The van der Waals surface area contributed by atoms with E-state index in [1.807, 2.05) is 25.1 Å². The number of carboxylic acid groups (broad SMARTS) is 1. The summed E-state index contributed by atoms with van der Waals surface area (Å²) < 4.78 is 11.2. The third-order valence-corrected chi connectivity index (χ3v) is 4.80. The van der Waals surface area contributed by atoms with Crippen molar-refractivity contribution in [3.8, 4) is 5.75 Å². The Bertz CT molecular complexity index is 1030. The fourth-order valence-corrected chi connectivity index (χ4v) is 3.34. The van der Waals surface area contributed by atoms with Crippen molar-refractivity contribution < 1.29 is 33.8 Å². The zero-order valence-corrected chi connectivity index (χ0v) is 16.8. The lowest BCUT2D eigenvalue weighted by atomic mass is 9.93. The summed E-state index contributed by atoms with van der Waals surface area (Å²) in [5.74, 6) is -3.07. The van der Waals surface area contributed by atoms with Crippen molar-refractivity contribution in [1.29, 1.82) is 0 Å². The zero-order chi connectivity index (χ0) is 22.5. The number of nitrogens with two attached hydrogens (primary N) is 1. The number of rotatable bonds is 8. The topological polar surface area (TPSA) is 145 Å². The Kier molecular flexibility index (Phi) is 6.54. The number of ether oxygens (including phenoxy) is 2. The number of fused-ring (bicyclic) bond motifs is 1. The number of primary amides is 1. The quantitative estimate of drug-likeness (QED) is 0.539. The molecule has 2 aromatic rings. The number of amides is 2. The molecule has 162 valence electrons. The molecule has 0 bridgehead atoms. The minimum Gasteiger partial charge on any atom is -0.483 e. The summed E-state index contributed by atoms with van der Waals surface area (Å²) in [6.45, 7) is 1.38. The van der Waals surface area contributed by atoms with Crippen LogP contribution in [0.1, 0.15) is 39.6 Å². The molecule has 1 heterocycles. The highest BCUT2D eigenvalue weighted by Gasteiger charge is 2.29. The average Bonchev–Trinajstić information content (AvgIpc) is 2.72. The molecular formula is C22H22N2O7. The van der Waals surface area contributed by atoms with Crippen molar-refractivity contribution in [2.75, 3.05) is 6.61 Å². The lowest BCUT2D eigenvalue weighted by Crippen LogP contribution is -2.45. The van der Waals surface area contributed by atoms with E-state index in [2.05, 4.69) is 5.32 Å². The van der Waals surface area contributed by atoms with E-state index in [0.29, 0.717) is 23.3 Å². The molecule has 9 heteroatoms. The van der Waals surface area contributed by atoms with Gasteiger partial charge in [0.25, 0.3) is 5.91 Å². The Hall–Kier alpha value is -3.88. The highest BCUT2D eigenvalue weighted by Crippen LogP contribution is 2.35. The third-order valence-electron chi connectivity index (χ3n) is 4.80. The maximum atomic E-state index is 12.4. The van der Waals surface area contributed by atoms with Crippen molar-refractivity contribution in [1.82, 2.24) is 5.32 Å². The number of hydrogen-bond acceptors (Lipinski definition) is 6. The van der Waals surface area contributed by atoms with Crippen LogP contribution in [0, 0.1) is 6.92 Å². The van der Waals surface area contributed by atoms with E-state index in [-0.39, 0.29) is 0 Å². The molecule has 0 fully saturated rings. The van der Waals surface area contributed by atoms with Crippen LogP contribution in [0.3, 0.4) is 0 Å². The van der Waals surface area contributed by atoms with Gasteiger partial charge in [-0.05, 0) is 30.7 Å². The van der Waals surface area contributed by atoms with Crippen LogP contribution in [-0.4, -0.2) is 41.5 Å². The van der Waals surface area contributed by atoms with Crippen molar-refractivity contribution in [2.45, 2.75) is 31.9 Å². The summed E-state index contributed by atoms with van der Waals surface area (Å²) in [5.41, 5.74) is 7.89. The van der Waals surface area contributed by atoms with Crippen LogP contribution in [0.15, 0.2) is 42.5 Å². The highest BCUT2D eigenvalue weighted by molar-refractivity contribution is 5.92. The SMILES string of the molecule is Cc1ccc(OCC(=O)N[C@@H](CC(N)=O)C(=O)O)c([C@H]2Cc3ccccc3C(=O)O2)c1. The van der Waals surface area contributed by atoms with Crippen molar-refractivity contribution in [3.63, 3.8) is 0 Å². The molecule has 0 unspecified atom stereocenters. The summed E-state index contributed by atoms with van der Waals surface area (Å²) in [5, 5.41) is 11.3. The summed E-state index contributed by atoms with van der Waals surface area (Å²) in [6.07, 6.45) is -0.677. The number of benzene rings is 2. The number of aryl methyl sites for hydroxylation is 1. The van der Waals surface area contributed by atoms with Crippen LogP contribution < -0.4 is 15.8 Å². The molecule has 1 aliphatic heterocycles. The average molecular weight is 426 g/mol. The van der Waals surface area contributed by atoms with E-state index >= 15 is 0 Å². The van der Waals surface area contributed by atoms with Crippen LogP contribution in [0.5, 0.6) is 5.75 Å². The van der Waals surface area contributed by atoms with Gasteiger partial charge in [-0.2, -0.15) is 0 Å². The molecule has 1 aliphatic rings. The molecular weight excluding hydrogens is 404 g/mol. The Morgan fingerprint density at radius 2 is 2.00 bits per heavy atom. The number of esters is 1. The molecule has 0 saturated carbocycles. The molecule has 0 aliphatic carbocycles. The summed E-state index contributed by atoms with van der Waals surface area (Å²) >= 11 is 0. The molecule has 9 nitrogen and oxygen atoms in total. The number of hydrogen-bond donors (Lipinski definition) is 3. The van der Waals surface area contributed by atoms with Crippen LogP contribution in [0.2, 0.25) is 0 Å². The largest absolute Gasteiger partial charge is 0.483 e. The van der Waals surface area contributed by atoms with Gasteiger partial charge < -0.3 is 25.6 Å². The summed E-state index contributed by atoms with van der Waals surface area (Å²) in [7, 11) is 0. The van der Waals surface area contributed by atoms with E-state index in [1.54, 1.807) is 24.3 Å². The molecule has 3 rings (SSSR count). The van der Waals surface area contributed by atoms with Gasteiger partial charge in [0, 0.05) is 12.0 Å². The van der Waals surface area contributed by atoms with Gasteiger partial charge in [0.15, 0.2) is 6.61 Å². The van der Waals surface area contributed by atoms with E-state index in [9.17, 15) is 19.2 Å². The Labute approximate surface area is 178 Å². The molecule has 4 N–H and O–H groups in total. The van der Waals surface area contributed by atoms with Gasteiger partial charge in [-0.1, -0.05) is 29.8 Å². The maximum Gasteiger partial charge on any atom is 0.339 e. The van der Waals surface area contributed by atoms with E-state index < -0.39 is 48.9 Å². The number of nitrogens with one attached hydrogen (secondary N) is 1. The lowest BCUT2D eigenvalue weighted by Gasteiger charge is -2.26. The van der Waals surface area contributed by atoms with Crippen LogP contribution >= 0.6 is 0 Å². The second-order valence-corrected chi connectivity index (χ2v) is 7.21. The third kappa shape index (κ3) is 5.39. The van der Waals surface area contributed by atoms with Gasteiger partial charge in [-0.15, -0.1) is 0 Å². The second kappa shape index (κ2) is 9.29. The predicted octanol–water partition coefficient (Wildman–Crippen LogP) is 1.27.